The Morgan fingerprint density at radius 2 is 1.68 bits per heavy atom. The molecule has 3 rings (SSSR count). The first kappa shape index (κ1) is 20.8. The van der Waals surface area contributed by atoms with E-state index in [2.05, 4.69) is 37.6 Å². The molecule has 0 N–H and O–H groups in total. The lowest BCUT2D eigenvalue weighted by Gasteiger charge is -2.32. The van der Waals surface area contributed by atoms with Crippen molar-refractivity contribution in [2.75, 3.05) is 11.4 Å². The zero-order chi connectivity index (χ0) is 20.5. The predicted octanol–water partition coefficient (Wildman–Crippen LogP) is 4.54. The Morgan fingerprint density at radius 1 is 1.04 bits per heavy atom. The zero-order valence-corrected chi connectivity index (χ0v) is 18.3. The van der Waals surface area contributed by atoms with Crippen LogP contribution in [0.4, 0.5) is 5.82 Å². The molecule has 6 heteroatoms. The van der Waals surface area contributed by atoms with Gasteiger partial charge < -0.3 is 4.90 Å². The van der Waals surface area contributed by atoms with Crippen molar-refractivity contribution < 1.29 is 8.42 Å². The molecule has 0 unspecified atom stereocenters. The second-order valence-electron chi connectivity index (χ2n) is 8.13. The maximum atomic E-state index is 13.2. The van der Waals surface area contributed by atoms with Crippen LogP contribution in [0, 0.1) is 6.92 Å². The maximum absolute atomic E-state index is 13.2. The van der Waals surface area contributed by atoms with Crippen molar-refractivity contribution in [2.24, 2.45) is 0 Å². The molecule has 1 aliphatic rings. The van der Waals surface area contributed by atoms with Crippen LogP contribution in [0.1, 0.15) is 57.7 Å². The van der Waals surface area contributed by atoms with Gasteiger partial charge in [0.2, 0.25) is 10.0 Å². The number of pyridine rings is 1. The number of anilines is 1. The van der Waals surface area contributed by atoms with E-state index in [0.29, 0.717) is 23.5 Å². The van der Waals surface area contributed by atoms with Gasteiger partial charge in [-0.15, -0.1) is 0 Å². The molecule has 1 aromatic carbocycles. The number of benzene rings is 1. The summed E-state index contributed by atoms with van der Waals surface area (Å²) >= 11 is 0. The van der Waals surface area contributed by atoms with Crippen LogP contribution in [0.15, 0.2) is 47.5 Å². The van der Waals surface area contributed by atoms with Gasteiger partial charge in [0, 0.05) is 24.8 Å². The fourth-order valence-corrected chi connectivity index (χ4v) is 5.76. The van der Waals surface area contributed by atoms with Crippen LogP contribution in [0.25, 0.3) is 0 Å². The van der Waals surface area contributed by atoms with Gasteiger partial charge in [-0.25, -0.2) is 13.4 Å². The van der Waals surface area contributed by atoms with Crippen LogP contribution in [-0.4, -0.2) is 36.3 Å². The molecule has 0 amide bonds. The van der Waals surface area contributed by atoms with Gasteiger partial charge in [-0.05, 0) is 71.2 Å². The first-order chi connectivity index (χ1) is 13.2. The lowest BCUT2D eigenvalue weighted by Crippen LogP contribution is -2.37. The summed E-state index contributed by atoms with van der Waals surface area (Å²) in [5.41, 5.74) is 2.01. The van der Waals surface area contributed by atoms with E-state index < -0.39 is 10.0 Å². The normalized spacial score (nSPS) is 18.2. The standard InChI is InChI=1S/C22H31N3O2S/c1-16(2)25(17(3)4)22-13-10-19(15-23-22)21-7-6-14-24(21)28(26,27)20-11-8-18(5)9-12-20/h8-13,15-17,21H,6-7,14H2,1-5H3/t21-/m0/s1. The molecule has 1 saturated heterocycles. The lowest BCUT2D eigenvalue weighted by molar-refractivity contribution is 0.396. The fourth-order valence-electron chi connectivity index (χ4n) is 4.08. The Balaban J connectivity index is 1.87. The SMILES string of the molecule is Cc1ccc(S(=O)(=O)N2CCC[C@H]2c2ccc(N(C(C)C)C(C)C)nc2)cc1. The van der Waals surface area contributed by atoms with Gasteiger partial charge in [-0.1, -0.05) is 23.8 Å². The zero-order valence-electron chi connectivity index (χ0n) is 17.5. The smallest absolute Gasteiger partial charge is 0.243 e. The lowest BCUT2D eigenvalue weighted by atomic mass is 10.1. The molecule has 1 aliphatic heterocycles. The van der Waals surface area contributed by atoms with Gasteiger partial charge in [0.05, 0.1) is 10.9 Å². The molecule has 1 fully saturated rings. The van der Waals surface area contributed by atoms with Gasteiger partial charge in [0.1, 0.15) is 5.82 Å². The third-order valence-electron chi connectivity index (χ3n) is 5.36. The highest BCUT2D eigenvalue weighted by Gasteiger charge is 2.36. The molecular weight excluding hydrogens is 370 g/mol. The highest BCUT2D eigenvalue weighted by Crippen LogP contribution is 2.36. The highest BCUT2D eigenvalue weighted by molar-refractivity contribution is 7.89. The van der Waals surface area contributed by atoms with Crippen molar-refractivity contribution in [1.82, 2.24) is 9.29 Å². The molecule has 0 radical (unpaired) electrons. The highest BCUT2D eigenvalue weighted by atomic mass is 32.2. The Labute approximate surface area is 169 Å². The minimum Gasteiger partial charge on any atom is -0.352 e. The van der Waals surface area contributed by atoms with Crippen LogP contribution in [0.2, 0.25) is 0 Å². The number of hydrogen-bond donors (Lipinski definition) is 0. The van der Waals surface area contributed by atoms with Crippen molar-refractivity contribution in [3.63, 3.8) is 0 Å². The summed E-state index contributed by atoms with van der Waals surface area (Å²) in [5.74, 6) is 0.930. The Kier molecular flexibility index (Phi) is 6.10. The van der Waals surface area contributed by atoms with Crippen molar-refractivity contribution in [1.29, 1.82) is 0 Å². The Morgan fingerprint density at radius 3 is 2.21 bits per heavy atom. The fraction of sp³-hybridized carbons (Fsp3) is 0.500. The summed E-state index contributed by atoms with van der Waals surface area (Å²) in [6, 6.07) is 11.7. The predicted molar refractivity (Wildman–Crippen MR) is 114 cm³/mol. The summed E-state index contributed by atoms with van der Waals surface area (Å²) in [6.45, 7) is 11.1. The van der Waals surface area contributed by atoms with Crippen LogP contribution in [0.3, 0.4) is 0 Å². The number of rotatable bonds is 6. The number of hydrogen-bond acceptors (Lipinski definition) is 4. The van der Waals surface area contributed by atoms with Crippen molar-refractivity contribution in [2.45, 2.75) is 70.5 Å². The Hall–Kier alpha value is -1.92. The minimum atomic E-state index is -3.51. The molecular formula is C22H31N3O2S. The molecule has 1 aromatic heterocycles. The Bertz CT molecular complexity index is 882. The number of sulfonamides is 1. The first-order valence-electron chi connectivity index (χ1n) is 10.0. The van der Waals surface area contributed by atoms with Crippen LogP contribution in [0.5, 0.6) is 0 Å². The molecule has 1 atom stereocenters. The quantitative estimate of drug-likeness (QED) is 0.713. The van der Waals surface area contributed by atoms with E-state index in [0.717, 1.165) is 29.8 Å². The van der Waals surface area contributed by atoms with Crippen LogP contribution >= 0.6 is 0 Å². The molecule has 0 aliphatic carbocycles. The average Bonchev–Trinajstić information content (AvgIpc) is 3.13. The van der Waals surface area contributed by atoms with E-state index in [1.807, 2.05) is 37.4 Å². The van der Waals surface area contributed by atoms with Crippen LogP contribution < -0.4 is 4.90 Å². The van der Waals surface area contributed by atoms with Crippen molar-refractivity contribution in [3.8, 4) is 0 Å². The van der Waals surface area contributed by atoms with E-state index in [-0.39, 0.29) is 6.04 Å². The second-order valence-corrected chi connectivity index (χ2v) is 10.0. The molecule has 152 valence electrons. The number of nitrogens with zero attached hydrogens (tertiary/aromatic N) is 3. The molecule has 0 spiro atoms. The molecule has 2 aromatic rings. The van der Waals surface area contributed by atoms with E-state index in [4.69, 9.17) is 0 Å². The van der Waals surface area contributed by atoms with Gasteiger partial charge in [-0.3, -0.25) is 0 Å². The third-order valence-corrected chi connectivity index (χ3v) is 7.29. The summed E-state index contributed by atoms with van der Waals surface area (Å²) in [7, 11) is -3.51. The topological polar surface area (TPSA) is 53.5 Å². The van der Waals surface area contributed by atoms with Gasteiger partial charge in [0.15, 0.2) is 0 Å². The van der Waals surface area contributed by atoms with Crippen molar-refractivity contribution >= 4 is 15.8 Å². The summed E-state index contributed by atoms with van der Waals surface area (Å²) in [5, 5.41) is 0. The van der Waals surface area contributed by atoms with Gasteiger partial charge >= 0.3 is 0 Å². The molecule has 5 nitrogen and oxygen atoms in total. The second kappa shape index (κ2) is 8.21. The van der Waals surface area contributed by atoms with Crippen molar-refractivity contribution in [3.05, 3.63) is 53.7 Å². The largest absolute Gasteiger partial charge is 0.352 e. The molecule has 0 saturated carbocycles. The number of aromatic nitrogens is 1. The van der Waals surface area contributed by atoms with Gasteiger partial charge in [0.25, 0.3) is 0 Å². The third kappa shape index (κ3) is 4.08. The molecule has 0 bridgehead atoms. The van der Waals surface area contributed by atoms with E-state index >= 15 is 0 Å². The van der Waals surface area contributed by atoms with Crippen LogP contribution in [-0.2, 0) is 10.0 Å². The maximum Gasteiger partial charge on any atom is 0.243 e. The summed E-state index contributed by atoms with van der Waals surface area (Å²) < 4.78 is 28.0. The van der Waals surface area contributed by atoms with E-state index in [1.165, 1.54) is 0 Å². The van der Waals surface area contributed by atoms with E-state index in [9.17, 15) is 8.42 Å². The molecule has 2 heterocycles. The monoisotopic (exact) mass is 401 g/mol. The van der Waals surface area contributed by atoms with Gasteiger partial charge in [-0.2, -0.15) is 4.31 Å². The average molecular weight is 402 g/mol. The number of aryl methyl sites for hydroxylation is 1. The first-order valence-corrected chi connectivity index (χ1v) is 11.5. The van der Waals surface area contributed by atoms with E-state index in [1.54, 1.807) is 16.4 Å². The summed E-state index contributed by atoms with van der Waals surface area (Å²) in [4.78, 5) is 7.30. The molecule has 28 heavy (non-hydrogen) atoms. The summed E-state index contributed by atoms with van der Waals surface area (Å²) in [6.07, 6.45) is 3.53. The minimum absolute atomic E-state index is 0.153.